The molecule has 3 fully saturated rings. The first-order valence-electron chi connectivity index (χ1n) is 9.82. The maximum absolute atomic E-state index is 13.0. The lowest BCUT2D eigenvalue weighted by atomic mass is 10.2. The molecule has 1 saturated carbocycles. The number of hydrogen-bond acceptors (Lipinski definition) is 5. The summed E-state index contributed by atoms with van der Waals surface area (Å²) in [7, 11) is -3.76. The van der Waals surface area contributed by atoms with Crippen molar-refractivity contribution in [1.29, 1.82) is 0 Å². The predicted molar refractivity (Wildman–Crippen MR) is 106 cm³/mol. The minimum atomic E-state index is -3.76. The quantitative estimate of drug-likeness (QED) is 0.708. The molecule has 0 N–H and O–H groups in total. The van der Waals surface area contributed by atoms with Crippen LogP contribution in [0.1, 0.15) is 12.8 Å². The fourth-order valence-electron chi connectivity index (χ4n) is 3.81. The number of rotatable bonds is 5. The molecule has 7 nitrogen and oxygen atoms in total. The van der Waals surface area contributed by atoms with Crippen LogP contribution in [0, 0.1) is 5.92 Å². The van der Waals surface area contributed by atoms with Gasteiger partial charge in [0.15, 0.2) is 0 Å². The van der Waals surface area contributed by atoms with E-state index in [2.05, 4.69) is 4.90 Å². The minimum Gasteiger partial charge on any atom is -0.366 e. The Balaban J connectivity index is 1.38. The standard InChI is InChI=1S/C19H26ClN3O4S/c20-16-3-1-2-4-18(16)28(25,26)23-11-12-27-17(14-23)19(24)22-9-7-21(8-10-22)13-15-5-6-15/h1-4,15,17H,5-14H2. The average molecular weight is 428 g/mol. The highest BCUT2D eigenvalue weighted by Crippen LogP contribution is 2.30. The van der Waals surface area contributed by atoms with Gasteiger partial charge in [0, 0.05) is 45.8 Å². The molecule has 1 unspecified atom stereocenters. The van der Waals surface area contributed by atoms with E-state index in [9.17, 15) is 13.2 Å². The summed E-state index contributed by atoms with van der Waals surface area (Å²) in [5.41, 5.74) is 0. The van der Waals surface area contributed by atoms with Gasteiger partial charge in [-0.1, -0.05) is 23.7 Å². The van der Waals surface area contributed by atoms with E-state index in [4.69, 9.17) is 16.3 Å². The summed E-state index contributed by atoms with van der Waals surface area (Å²) in [6.45, 7) is 4.65. The molecule has 1 amide bonds. The van der Waals surface area contributed by atoms with Gasteiger partial charge in [0.05, 0.1) is 11.6 Å². The Kier molecular flexibility index (Phi) is 5.94. The van der Waals surface area contributed by atoms with Crippen molar-refractivity contribution in [3.8, 4) is 0 Å². The van der Waals surface area contributed by atoms with Crippen molar-refractivity contribution in [2.45, 2.75) is 23.8 Å². The summed E-state index contributed by atoms with van der Waals surface area (Å²) in [6, 6.07) is 6.38. The minimum absolute atomic E-state index is 0.0225. The molecule has 28 heavy (non-hydrogen) atoms. The van der Waals surface area contributed by atoms with Gasteiger partial charge < -0.3 is 9.64 Å². The molecule has 0 bridgehead atoms. The highest BCUT2D eigenvalue weighted by atomic mass is 35.5. The third kappa shape index (κ3) is 4.36. The molecular formula is C19H26ClN3O4S. The molecule has 1 atom stereocenters. The highest BCUT2D eigenvalue weighted by molar-refractivity contribution is 7.89. The molecule has 2 heterocycles. The van der Waals surface area contributed by atoms with Gasteiger partial charge in [0.1, 0.15) is 11.0 Å². The Labute approximate surface area is 171 Å². The molecule has 1 aromatic carbocycles. The van der Waals surface area contributed by atoms with Crippen LogP contribution in [0.3, 0.4) is 0 Å². The van der Waals surface area contributed by atoms with Crippen LogP contribution in [0.2, 0.25) is 5.02 Å². The molecule has 1 aliphatic carbocycles. The Morgan fingerprint density at radius 3 is 2.50 bits per heavy atom. The van der Waals surface area contributed by atoms with Crippen molar-refractivity contribution in [1.82, 2.24) is 14.1 Å². The third-order valence-corrected chi connectivity index (χ3v) is 8.02. The number of amides is 1. The van der Waals surface area contributed by atoms with E-state index in [1.807, 2.05) is 0 Å². The number of nitrogens with zero attached hydrogens (tertiary/aromatic N) is 3. The van der Waals surface area contributed by atoms with E-state index >= 15 is 0 Å². The largest absolute Gasteiger partial charge is 0.366 e. The molecule has 2 aliphatic heterocycles. The van der Waals surface area contributed by atoms with Crippen molar-refractivity contribution in [2.24, 2.45) is 5.92 Å². The number of piperazine rings is 1. The van der Waals surface area contributed by atoms with Crippen molar-refractivity contribution in [3.05, 3.63) is 29.3 Å². The zero-order chi connectivity index (χ0) is 19.7. The molecule has 9 heteroatoms. The zero-order valence-electron chi connectivity index (χ0n) is 15.8. The van der Waals surface area contributed by atoms with Gasteiger partial charge in [-0.25, -0.2) is 8.42 Å². The van der Waals surface area contributed by atoms with Crippen LogP contribution in [-0.2, 0) is 19.6 Å². The summed E-state index contributed by atoms with van der Waals surface area (Å²) in [4.78, 5) is 17.2. The predicted octanol–water partition coefficient (Wildman–Crippen LogP) is 1.28. The first kappa shape index (κ1) is 20.1. The monoisotopic (exact) mass is 427 g/mol. The molecule has 0 aromatic heterocycles. The lowest BCUT2D eigenvalue weighted by Crippen LogP contribution is -2.56. The van der Waals surface area contributed by atoms with Gasteiger partial charge in [0.2, 0.25) is 10.0 Å². The number of sulfonamides is 1. The molecule has 0 spiro atoms. The summed E-state index contributed by atoms with van der Waals surface area (Å²) in [5, 5.41) is 0.184. The van der Waals surface area contributed by atoms with E-state index in [-0.39, 0.29) is 35.5 Å². The van der Waals surface area contributed by atoms with Crippen LogP contribution in [-0.4, -0.2) is 87.0 Å². The highest BCUT2D eigenvalue weighted by Gasteiger charge is 2.37. The van der Waals surface area contributed by atoms with Crippen LogP contribution in [0.25, 0.3) is 0 Å². The van der Waals surface area contributed by atoms with E-state index in [0.717, 1.165) is 25.6 Å². The first-order chi connectivity index (χ1) is 13.4. The van der Waals surface area contributed by atoms with Crippen molar-refractivity contribution >= 4 is 27.5 Å². The Morgan fingerprint density at radius 2 is 1.82 bits per heavy atom. The molecular weight excluding hydrogens is 402 g/mol. The second-order valence-electron chi connectivity index (χ2n) is 7.72. The molecule has 4 rings (SSSR count). The van der Waals surface area contributed by atoms with Crippen molar-refractivity contribution in [3.63, 3.8) is 0 Å². The second-order valence-corrected chi connectivity index (χ2v) is 10.0. The van der Waals surface area contributed by atoms with Crippen LogP contribution < -0.4 is 0 Å². The number of carbonyl (C=O) groups excluding carboxylic acids is 1. The van der Waals surface area contributed by atoms with Gasteiger partial charge in [-0.2, -0.15) is 4.31 Å². The Bertz CT molecular complexity index is 822. The summed E-state index contributed by atoms with van der Waals surface area (Å²) in [5.74, 6) is 0.720. The molecule has 2 saturated heterocycles. The fourth-order valence-corrected chi connectivity index (χ4v) is 5.72. The van der Waals surface area contributed by atoms with E-state index in [1.165, 1.54) is 23.2 Å². The van der Waals surface area contributed by atoms with Gasteiger partial charge in [0.25, 0.3) is 5.91 Å². The molecule has 154 valence electrons. The fraction of sp³-hybridized carbons (Fsp3) is 0.632. The molecule has 3 aliphatic rings. The van der Waals surface area contributed by atoms with Crippen LogP contribution in [0.5, 0.6) is 0 Å². The van der Waals surface area contributed by atoms with E-state index in [1.54, 1.807) is 23.1 Å². The lowest BCUT2D eigenvalue weighted by Gasteiger charge is -2.38. The number of carbonyl (C=O) groups is 1. The summed E-state index contributed by atoms with van der Waals surface area (Å²) < 4.78 is 32.9. The molecule has 1 aromatic rings. The Hall–Kier alpha value is -1.19. The SMILES string of the molecule is O=C(C1CN(S(=O)(=O)c2ccccc2Cl)CCO1)N1CCN(CC2CC2)CC1. The first-order valence-corrected chi connectivity index (χ1v) is 11.6. The van der Waals surface area contributed by atoms with Crippen molar-refractivity contribution in [2.75, 3.05) is 52.4 Å². The number of morpholine rings is 1. The van der Waals surface area contributed by atoms with Gasteiger partial charge >= 0.3 is 0 Å². The van der Waals surface area contributed by atoms with E-state index in [0.29, 0.717) is 13.1 Å². The summed E-state index contributed by atoms with van der Waals surface area (Å²) in [6.07, 6.45) is 1.89. The Morgan fingerprint density at radius 1 is 1.11 bits per heavy atom. The lowest BCUT2D eigenvalue weighted by molar-refractivity contribution is -0.149. The topological polar surface area (TPSA) is 70.2 Å². The number of benzene rings is 1. The van der Waals surface area contributed by atoms with Gasteiger partial charge in [-0.3, -0.25) is 9.69 Å². The second kappa shape index (κ2) is 8.28. The number of hydrogen-bond donors (Lipinski definition) is 0. The van der Waals surface area contributed by atoms with Crippen LogP contribution >= 0.6 is 11.6 Å². The normalized spacial score (nSPS) is 25.0. The van der Waals surface area contributed by atoms with Crippen LogP contribution in [0.4, 0.5) is 0 Å². The van der Waals surface area contributed by atoms with Crippen LogP contribution in [0.15, 0.2) is 29.2 Å². The smallest absolute Gasteiger partial charge is 0.253 e. The van der Waals surface area contributed by atoms with Gasteiger partial charge in [-0.15, -0.1) is 0 Å². The maximum Gasteiger partial charge on any atom is 0.253 e. The number of ether oxygens (including phenoxy) is 1. The van der Waals surface area contributed by atoms with Gasteiger partial charge in [-0.05, 0) is 30.9 Å². The average Bonchev–Trinajstić information content (AvgIpc) is 3.52. The third-order valence-electron chi connectivity index (χ3n) is 5.66. The number of halogens is 1. The maximum atomic E-state index is 13.0. The van der Waals surface area contributed by atoms with Crippen molar-refractivity contribution < 1.29 is 17.9 Å². The summed E-state index contributed by atoms with van der Waals surface area (Å²) >= 11 is 6.09. The molecule has 0 radical (unpaired) electrons. The van der Waals surface area contributed by atoms with E-state index < -0.39 is 16.1 Å². The zero-order valence-corrected chi connectivity index (χ0v) is 17.4.